The number of hydrogen-bond acceptors (Lipinski definition) is 5. The number of hydrogen-bond donors (Lipinski definition) is 1. The van der Waals surface area contributed by atoms with Crippen LogP contribution in [0.15, 0.2) is 41.0 Å². The molecule has 164 valence electrons. The van der Waals surface area contributed by atoms with Crippen LogP contribution in [0.4, 0.5) is 5.69 Å². The fourth-order valence-electron chi connectivity index (χ4n) is 4.70. The lowest BCUT2D eigenvalue weighted by Gasteiger charge is -2.44. The molecule has 1 aromatic heterocycles. The second kappa shape index (κ2) is 9.37. The molecule has 0 bridgehead atoms. The quantitative estimate of drug-likeness (QED) is 0.728. The minimum atomic E-state index is -0.584. The number of amides is 2. The predicted octanol–water partition coefficient (Wildman–Crippen LogP) is 4.18. The van der Waals surface area contributed by atoms with Gasteiger partial charge in [-0.25, -0.2) is 4.79 Å². The molecule has 1 aliphatic carbocycles. The third kappa shape index (κ3) is 4.81. The third-order valence-electron chi connectivity index (χ3n) is 6.36. The van der Waals surface area contributed by atoms with Crippen LogP contribution < -0.4 is 5.32 Å². The van der Waals surface area contributed by atoms with E-state index in [1.807, 2.05) is 11.8 Å². The van der Waals surface area contributed by atoms with E-state index in [2.05, 4.69) is 5.32 Å². The Morgan fingerprint density at radius 2 is 1.94 bits per heavy atom. The molecule has 1 saturated carbocycles. The third-order valence-corrected chi connectivity index (χ3v) is 6.36. The molecule has 7 nitrogen and oxygen atoms in total. The summed E-state index contributed by atoms with van der Waals surface area (Å²) in [7, 11) is 0. The first-order chi connectivity index (χ1) is 15.0. The van der Waals surface area contributed by atoms with Crippen molar-refractivity contribution in [1.29, 1.82) is 0 Å². The van der Waals surface area contributed by atoms with Crippen molar-refractivity contribution < 1.29 is 23.5 Å². The minimum absolute atomic E-state index is 0.122. The number of carbonyl (C=O) groups excluding carboxylic acids is 3. The van der Waals surface area contributed by atoms with Crippen molar-refractivity contribution in [3.63, 3.8) is 0 Å². The highest BCUT2D eigenvalue weighted by Crippen LogP contribution is 2.35. The van der Waals surface area contributed by atoms with Crippen molar-refractivity contribution >= 4 is 23.5 Å². The van der Waals surface area contributed by atoms with Crippen LogP contribution in [0.3, 0.4) is 0 Å². The lowest BCUT2D eigenvalue weighted by Crippen LogP contribution is -2.50. The van der Waals surface area contributed by atoms with Crippen molar-refractivity contribution in [3.8, 4) is 0 Å². The summed E-state index contributed by atoms with van der Waals surface area (Å²) < 4.78 is 10.4. The van der Waals surface area contributed by atoms with Crippen LogP contribution in [0, 0.1) is 12.8 Å². The first kappa shape index (κ1) is 21.2. The highest BCUT2D eigenvalue weighted by atomic mass is 16.5. The van der Waals surface area contributed by atoms with Crippen LogP contribution in [0.1, 0.15) is 65.0 Å². The van der Waals surface area contributed by atoms with E-state index < -0.39 is 11.9 Å². The van der Waals surface area contributed by atoms with Crippen LogP contribution in [-0.4, -0.2) is 41.9 Å². The number of nitrogens with zero attached hydrogens (tertiary/aromatic N) is 1. The number of furan rings is 1. The van der Waals surface area contributed by atoms with Gasteiger partial charge in [0.25, 0.3) is 11.8 Å². The molecule has 7 heteroatoms. The second-order valence-corrected chi connectivity index (χ2v) is 8.38. The van der Waals surface area contributed by atoms with Crippen molar-refractivity contribution in [2.45, 2.75) is 51.5 Å². The number of carbonyl (C=O) groups is 3. The van der Waals surface area contributed by atoms with E-state index in [1.54, 1.807) is 30.3 Å². The van der Waals surface area contributed by atoms with Crippen molar-refractivity contribution in [3.05, 3.63) is 53.5 Å². The van der Waals surface area contributed by atoms with Gasteiger partial charge in [0, 0.05) is 18.3 Å². The fourth-order valence-corrected chi connectivity index (χ4v) is 4.70. The van der Waals surface area contributed by atoms with Crippen molar-refractivity contribution in [1.82, 2.24) is 4.90 Å². The number of ether oxygens (including phenoxy) is 1. The van der Waals surface area contributed by atoms with E-state index in [-0.39, 0.29) is 29.9 Å². The molecule has 0 spiro atoms. The topological polar surface area (TPSA) is 88.9 Å². The van der Waals surface area contributed by atoms with Gasteiger partial charge in [-0.3, -0.25) is 9.59 Å². The molecule has 0 unspecified atom stereocenters. The van der Waals surface area contributed by atoms with Crippen LogP contribution in [-0.2, 0) is 9.53 Å². The van der Waals surface area contributed by atoms with Crippen molar-refractivity contribution in [2.24, 2.45) is 5.92 Å². The molecule has 2 aromatic rings. The van der Waals surface area contributed by atoms with Crippen LogP contribution in [0.25, 0.3) is 0 Å². The average molecular weight is 424 g/mol. The van der Waals surface area contributed by atoms with Crippen molar-refractivity contribution in [2.75, 3.05) is 18.5 Å². The smallest absolute Gasteiger partial charge is 0.338 e. The molecule has 2 heterocycles. The van der Waals surface area contributed by atoms with Gasteiger partial charge in [0.2, 0.25) is 0 Å². The van der Waals surface area contributed by atoms with E-state index in [1.165, 1.54) is 25.5 Å². The maximum absolute atomic E-state index is 12.8. The monoisotopic (exact) mass is 424 g/mol. The Labute approximate surface area is 181 Å². The number of esters is 1. The lowest BCUT2D eigenvalue weighted by molar-refractivity contribution is -0.140. The second-order valence-electron chi connectivity index (χ2n) is 8.38. The van der Waals surface area contributed by atoms with Crippen LogP contribution in [0.2, 0.25) is 0 Å². The largest absolute Gasteiger partial charge is 0.459 e. The van der Waals surface area contributed by atoms with Gasteiger partial charge in [0.15, 0.2) is 12.4 Å². The number of benzene rings is 1. The Morgan fingerprint density at radius 1 is 1.13 bits per heavy atom. The van der Waals surface area contributed by atoms with Crippen LogP contribution >= 0.6 is 0 Å². The zero-order chi connectivity index (χ0) is 21.8. The summed E-state index contributed by atoms with van der Waals surface area (Å²) in [4.78, 5) is 39.5. The number of nitrogens with one attached hydrogen (secondary N) is 1. The molecule has 4 rings (SSSR count). The van der Waals surface area contributed by atoms with Gasteiger partial charge in [-0.1, -0.05) is 18.9 Å². The molecular weight excluding hydrogens is 396 g/mol. The van der Waals surface area contributed by atoms with Gasteiger partial charge in [-0.05, 0) is 68.4 Å². The number of anilines is 1. The molecule has 1 N–H and O–H groups in total. The molecule has 1 aliphatic heterocycles. The Bertz CT molecular complexity index is 951. The summed E-state index contributed by atoms with van der Waals surface area (Å²) in [5.74, 6) is -0.344. The van der Waals surface area contributed by atoms with Crippen LogP contribution in [0.5, 0.6) is 0 Å². The molecule has 0 radical (unpaired) electrons. The molecule has 31 heavy (non-hydrogen) atoms. The van der Waals surface area contributed by atoms with Gasteiger partial charge in [0.1, 0.15) is 0 Å². The van der Waals surface area contributed by atoms with E-state index in [0.29, 0.717) is 11.6 Å². The zero-order valence-electron chi connectivity index (χ0n) is 17.8. The number of likely N-dealkylation sites (tertiary alicyclic amines) is 1. The van der Waals surface area contributed by atoms with E-state index in [9.17, 15) is 14.4 Å². The van der Waals surface area contributed by atoms with Gasteiger partial charge in [-0.2, -0.15) is 0 Å². The first-order valence-electron chi connectivity index (χ1n) is 10.9. The number of aryl methyl sites for hydroxylation is 1. The molecular formula is C24H28N2O5. The maximum Gasteiger partial charge on any atom is 0.338 e. The molecule has 2 fully saturated rings. The summed E-state index contributed by atoms with van der Waals surface area (Å²) >= 11 is 0. The summed E-state index contributed by atoms with van der Waals surface area (Å²) in [6.45, 7) is 2.31. The average Bonchev–Trinajstić information content (AvgIpc) is 3.33. The highest BCUT2D eigenvalue weighted by molar-refractivity contribution is 6.03. The Kier molecular flexibility index (Phi) is 6.39. The summed E-state index contributed by atoms with van der Waals surface area (Å²) in [6, 6.07) is 8.39. The number of piperidine rings is 1. The lowest BCUT2D eigenvalue weighted by atomic mass is 9.78. The van der Waals surface area contributed by atoms with E-state index in [0.717, 1.165) is 31.4 Å². The molecule has 2 atom stereocenters. The van der Waals surface area contributed by atoms with Gasteiger partial charge in [0.05, 0.1) is 11.8 Å². The SMILES string of the molecule is Cc1ccc(C(=O)OCC(=O)N2CCC[C@H]3CCCC[C@H]32)cc1NC(=O)c1ccco1. The van der Waals surface area contributed by atoms with E-state index >= 15 is 0 Å². The first-order valence-corrected chi connectivity index (χ1v) is 10.9. The zero-order valence-corrected chi connectivity index (χ0v) is 17.8. The Balaban J connectivity index is 1.37. The van der Waals surface area contributed by atoms with Gasteiger partial charge < -0.3 is 19.4 Å². The van der Waals surface area contributed by atoms with Gasteiger partial charge >= 0.3 is 5.97 Å². The summed E-state index contributed by atoms with van der Waals surface area (Å²) in [5, 5.41) is 2.74. The normalized spacial score (nSPS) is 20.6. The predicted molar refractivity (Wildman–Crippen MR) is 115 cm³/mol. The molecule has 2 amide bonds. The summed E-state index contributed by atoms with van der Waals surface area (Å²) in [5.41, 5.74) is 1.56. The molecule has 1 saturated heterocycles. The Morgan fingerprint density at radius 3 is 2.74 bits per heavy atom. The highest BCUT2D eigenvalue weighted by Gasteiger charge is 2.35. The Hall–Kier alpha value is -3.09. The standard InChI is InChI=1S/C24H28N2O5/c1-16-10-11-18(14-19(16)25-23(28)21-9-5-13-30-21)24(29)31-15-22(27)26-12-4-7-17-6-2-3-8-20(17)26/h5,9-11,13-14,17,20H,2-4,6-8,12,15H2,1H3,(H,25,28)/t17-,20-/m1/s1. The van der Waals surface area contributed by atoms with E-state index in [4.69, 9.17) is 9.15 Å². The van der Waals surface area contributed by atoms with Gasteiger partial charge in [-0.15, -0.1) is 0 Å². The fraction of sp³-hybridized carbons (Fsp3) is 0.458. The molecule has 2 aliphatic rings. The number of rotatable bonds is 5. The maximum atomic E-state index is 12.8. The minimum Gasteiger partial charge on any atom is -0.459 e. The summed E-state index contributed by atoms with van der Waals surface area (Å²) in [6.07, 6.45) is 8.24. The molecule has 1 aromatic carbocycles. The number of fused-ring (bicyclic) bond motifs is 1.